The van der Waals surface area contributed by atoms with Crippen LogP contribution in [-0.2, 0) is 10.8 Å². The monoisotopic (exact) mass is 254 g/mol. The first-order valence-electron chi connectivity index (χ1n) is 5.41. The summed E-state index contributed by atoms with van der Waals surface area (Å²) in [6.45, 7) is 2.73. The second kappa shape index (κ2) is 4.83. The highest BCUT2D eigenvalue weighted by molar-refractivity contribution is 7.85. The predicted octanol–water partition coefficient (Wildman–Crippen LogP) is -0.112. The summed E-state index contributed by atoms with van der Waals surface area (Å²) in [5.74, 6) is 0.887. The van der Waals surface area contributed by atoms with Gasteiger partial charge in [0.1, 0.15) is 0 Å². The number of amides is 1. The first-order chi connectivity index (χ1) is 8.06. The molecule has 0 radical (unpaired) electrons. The molecular formula is C11H14N2O3S. The topological polar surface area (TPSA) is 70.2 Å². The standard InChI is InChI=1S/C11H14N2O3S/c1-8-6-9(7-10(14)12-8)11(15)13-2-4-17(16)5-3-13/h6-7H,2-5H2,1H3,(H,12,14). The Morgan fingerprint density at radius 1 is 1.35 bits per heavy atom. The van der Waals surface area contributed by atoms with Crippen LogP contribution >= 0.6 is 0 Å². The maximum atomic E-state index is 12.1. The lowest BCUT2D eigenvalue weighted by Crippen LogP contribution is -2.42. The van der Waals surface area contributed by atoms with E-state index in [1.807, 2.05) is 0 Å². The van der Waals surface area contributed by atoms with Gasteiger partial charge in [-0.3, -0.25) is 13.8 Å². The van der Waals surface area contributed by atoms with E-state index >= 15 is 0 Å². The lowest BCUT2D eigenvalue weighted by atomic mass is 10.2. The maximum Gasteiger partial charge on any atom is 0.254 e. The highest BCUT2D eigenvalue weighted by atomic mass is 32.2. The van der Waals surface area contributed by atoms with Crippen molar-refractivity contribution in [2.24, 2.45) is 0 Å². The van der Waals surface area contributed by atoms with Crippen LogP contribution in [0.15, 0.2) is 16.9 Å². The Morgan fingerprint density at radius 2 is 2.00 bits per heavy atom. The normalized spacial score (nSPS) is 17.1. The Hall–Kier alpha value is -1.43. The van der Waals surface area contributed by atoms with E-state index in [1.54, 1.807) is 17.9 Å². The van der Waals surface area contributed by atoms with Gasteiger partial charge in [0.05, 0.1) is 0 Å². The fraction of sp³-hybridized carbons (Fsp3) is 0.455. The van der Waals surface area contributed by atoms with Crippen molar-refractivity contribution < 1.29 is 9.00 Å². The molecule has 0 spiro atoms. The van der Waals surface area contributed by atoms with Gasteiger partial charge in [0.2, 0.25) is 5.56 Å². The third kappa shape index (κ3) is 2.82. The second-order valence-corrected chi connectivity index (χ2v) is 5.75. The molecule has 1 aliphatic heterocycles. The third-order valence-electron chi connectivity index (χ3n) is 2.69. The molecule has 1 aromatic heterocycles. The van der Waals surface area contributed by atoms with E-state index in [0.29, 0.717) is 35.9 Å². The molecule has 0 unspecified atom stereocenters. The van der Waals surface area contributed by atoms with Gasteiger partial charge in [0.25, 0.3) is 5.91 Å². The van der Waals surface area contributed by atoms with E-state index in [0.717, 1.165) is 0 Å². The van der Waals surface area contributed by atoms with Crippen molar-refractivity contribution in [3.63, 3.8) is 0 Å². The summed E-state index contributed by atoms with van der Waals surface area (Å²) < 4.78 is 11.2. The van der Waals surface area contributed by atoms with Crippen LogP contribution in [0.5, 0.6) is 0 Å². The molecule has 1 N–H and O–H groups in total. The lowest BCUT2D eigenvalue weighted by molar-refractivity contribution is 0.0771. The van der Waals surface area contributed by atoms with Gasteiger partial charge in [-0.25, -0.2) is 0 Å². The predicted molar refractivity (Wildman–Crippen MR) is 65.6 cm³/mol. The van der Waals surface area contributed by atoms with Crippen LogP contribution < -0.4 is 5.56 Å². The van der Waals surface area contributed by atoms with Gasteiger partial charge < -0.3 is 9.88 Å². The van der Waals surface area contributed by atoms with E-state index < -0.39 is 10.8 Å². The average Bonchev–Trinajstić information content (AvgIpc) is 2.28. The Balaban J connectivity index is 2.19. The number of hydrogen-bond acceptors (Lipinski definition) is 3. The van der Waals surface area contributed by atoms with Crippen molar-refractivity contribution in [2.75, 3.05) is 24.6 Å². The number of H-pyrrole nitrogens is 1. The number of pyridine rings is 1. The molecule has 0 aromatic carbocycles. The summed E-state index contributed by atoms with van der Waals surface area (Å²) in [5, 5.41) is 0. The summed E-state index contributed by atoms with van der Waals surface area (Å²) in [4.78, 5) is 27.6. The van der Waals surface area contributed by atoms with Crippen LogP contribution in [0.3, 0.4) is 0 Å². The van der Waals surface area contributed by atoms with Crippen LogP contribution in [-0.4, -0.2) is 44.6 Å². The summed E-state index contributed by atoms with van der Waals surface area (Å²) in [7, 11) is -0.804. The lowest BCUT2D eigenvalue weighted by Gasteiger charge is -2.26. The minimum Gasteiger partial charge on any atom is -0.337 e. The average molecular weight is 254 g/mol. The molecule has 1 amide bonds. The molecule has 2 heterocycles. The second-order valence-electron chi connectivity index (χ2n) is 4.06. The highest BCUT2D eigenvalue weighted by Gasteiger charge is 2.21. The number of nitrogens with zero attached hydrogens (tertiary/aromatic N) is 1. The van der Waals surface area contributed by atoms with E-state index in [1.165, 1.54) is 6.07 Å². The number of carbonyl (C=O) groups excluding carboxylic acids is 1. The molecule has 1 aromatic rings. The molecule has 0 atom stereocenters. The highest BCUT2D eigenvalue weighted by Crippen LogP contribution is 2.07. The van der Waals surface area contributed by atoms with Crippen molar-refractivity contribution >= 4 is 16.7 Å². The summed E-state index contributed by atoms with van der Waals surface area (Å²) in [6.07, 6.45) is 0. The number of hydrogen-bond donors (Lipinski definition) is 1. The summed E-state index contributed by atoms with van der Waals surface area (Å²) >= 11 is 0. The molecule has 0 saturated carbocycles. The Labute approximate surface area is 101 Å². The summed E-state index contributed by atoms with van der Waals surface area (Å²) in [5.41, 5.74) is 0.800. The number of carbonyl (C=O) groups is 1. The van der Waals surface area contributed by atoms with E-state index in [9.17, 15) is 13.8 Å². The van der Waals surface area contributed by atoms with Crippen molar-refractivity contribution in [1.29, 1.82) is 0 Å². The number of nitrogens with one attached hydrogen (secondary N) is 1. The molecular weight excluding hydrogens is 240 g/mol. The van der Waals surface area contributed by atoms with Crippen LogP contribution in [0.4, 0.5) is 0 Å². The van der Waals surface area contributed by atoms with Gasteiger partial charge in [-0.2, -0.15) is 0 Å². The SMILES string of the molecule is Cc1cc(C(=O)N2CCS(=O)CC2)cc(=O)[nH]1. The minimum absolute atomic E-state index is 0.157. The molecule has 1 fully saturated rings. The van der Waals surface area contributed by atoms with Crippen LogP contribution in [0, 0.1) is 6.92 Å². The first kappa shape index (κ1) is 12.0. The number of rotatable bonds is 1. The van der Waals surface area contributed by atoms with Gasteiger partial charge in [-0.1, -0.05) is 0 Å². The number of aryl methyl sites for hydroxylation is 1. The van der Waals surface area contributed by atoms with Crippen molar-refractivity contribution in [3.05, 3.63) is 33.7 Å². The molecule has 6 heteroatoms. The fourth-order valence-electron chi connectivity index (χ4n) is 1.83. The smallest absolute Gasteiger partial charge is 0.254 e. The minimum atomic E-state index is -0.804. The zero-order valence-corrected chi connectivity index (χ0v) is 10.4. The van der Waals surface area contributed by atoms with E-state index in [4.69, 9.17) is 0 Å². The Bertz CT molecular complexity index is 514. The zero-order chi connectivity index (χ0) is 12.4. The van der Waals surface area contributed by atoms with Gasteiger partial charge in [-0.15, -0.1) is 0 Å². The molecule has 2 rings (SSSR count). The number of aromatic amines is 1. The van der Waals surface area contributed by atoms with Crippen LogP contribution in [0.2, 0.25) is 0 Å². The first-order valence-corrected chi connectivity index (χ1v) is 6.90. The Kier molecular flexibility index (Phi) is 3.42. The fourth-order valence-corrected chi connectivity index (χ4v) is 2.88. The maximum absolute atomic E-state index is 12.1. The molecule has 1 saturated heterocycles. The molecule has 5 nitrogen and oxygen atoms in total. The van der Waals surface area contributed by atoms with Crippen LogP contribution in [0.25, 0.3) is 0 Å². The molecule has 1 aliphatic rings. The quantitative estimate of drug-likeness (QED) is 0.760. The van der Waals surface area contributed by atoms with Gasteiger partial charge in [0, 0.05) is 52.7 Å². The van der Waals surface area contributed by atoms with Gasteiger partial charge >= 0.3 is 0 Å². The third-order valence-corrected chi connectivity index (χ3v) is 3.97. The van der Waals surface area contributed by atoms with E-state index in [2.05, 4.69) is 4.98 Å². The zero-order valence-electron chi connectivity index (χ0n) is 9.56. The van der Waals surface area contributed by atoms with Gasteiger partial charge in [-0.05, 0) is 13.0 Å². The molecule has 0 aliphatic carbocycles. The largest absolute Gasteiger partial charge is 0.337 e. The molecule has 92 valence electrons. The molecule has 0 bridgehead atoms. The summed E-state index contributed by atoms with van der Waals surface area (Å²) in [6, 6.07) is 2.97. The van der Waals surface area contributed by atoms with E-state index in [-0.39, 0.29) is 11.5 Å². The van der Waals surface area contributed by atoms with Crippen molar-refractivity contribution in [2.45, 2.75) is 6.92 Å². The number of aromatic nitrogens is 1. The van der Waals surface area contributed by atoms with Gasteiger partial charge in [0.15, 0.2) is 0 Å². The molecule has 17 heavy (non-hydrogen) atoms. The van der Waals surface area contributed by atoms with Crippen LogP contribution in [0.1, 0.15) is 16.1 Å². The Morgan fingerprint density at radius 3 is 2.59 bits per heavy atom. The van der Waals surface area contributed by atoms with Crippen molar-refractivity contribution in [1.82, 2.24) is 9.88 Å². The van der Waals surface area contributed by atoms with Crippen molar-refractivity contribution in [3.8, 4) is 0 Å².